The Hall–Kier alpha value is -2.46. The first-order valence-corrected chi connectivity index (χ1v) is 10.2. The molecule has 0 saturated carbocycles. The third-order valence-corrected chi connectivity index (χ3v) is 5.55. The van der Waals surface area contributed by atoms with E-state index in [-0.39, 0.29) is 11.8 Å². The topological polar surface area (TPSA) is 37.4 Å². The fourth-order valence-corrected chi connectivity index (χ4v) is 3.96. The van der Waals surface area contributed by atoms with E-state index in [0.29, 0.717) is 11.1 Å². The Kier molecular flexibility index (Phi) is 3.77. The molecule has 22 heavy (non-hydrogen) atoms. The molecular weight excluding hydrogens is 290 g/mol. The van der Waals surface area contributed by atoms with Crippen molar-refractivity contribution >= 4 is 25.8 Å². The molecule has 4 heteroatoms. The molecular formula is C18H17NO2Si. The predicted molar refractivity (Wildman–Crippen MR) is 90.2 cm³/mol. The molecule has 3 nitrogen and oxygen atoms in total. The highest BCUT2D eigenvalue weighted by atomic mass is 28.3. The summed E-state index contributed by atoms with van der Waals surface area (Å²) in [6, 6.07) is 16.9. The normalized spacial score (nSPS) is 14.7. The quantitative estimate of drug-likeness (QED) is 0.644. The summed E-state index contributed by atoms with van der Waals surface area (Å²) < 4.78 is 0. The van der Waals surface area contributed by atoms with Crippen LogP contribution in [0.2, 0.25) is 13.1 Å². The second-order valence-electron chi connectivity index (χ2n) is 5.63. The van der Waals surface area contributed by atoms with Gasteiger partial charge in [-0.15, -0.1) is 0 Å². The van der Waals surface area contributed by atoms with Crippen LogP contribution in [0.4, 0.5) is 0 Å². The van der Waals surface area contributed by atoms with E-state index >= 15 is 0 Å². The van der Waals surface area contributed by atoms with Gasteiger partial charge in [0.15, 0.2) is 0 Å². The van der Waals surface area contributed by atoms with Crippen molar-refractivity contribution in [1.29, 1.82) is 0 Å². The Balaban J connectivity index is 2.04. The number of hydrogen-bond acceptors (Lipinski definition) is 2. The van der Waals surface area contributed by atoms with Gasteiger partial charge in [0.25, 0.3) is 11.8 Å². The summed E-state index contributed by atoms with van der Waals surface area (Å²) in [5, 5.41) is 1.11. The minimum atomic E-state index is -1.21. The van der Waals surface area contributed by atoms with Crippen molar-refractivity contribution in [3.05, 3.63) is 77.5 Å². The molecule has 0 unspecified atom stereocenters. The second-order valence-corrected chi connectivity index (χ2v) is 8.56. The Morgan fingerprint density at radius 2 is 1.36 bits per heavy atom. The average Bonchev–Trinajstić information content (AvgIpc) is 2.78. The third kappa shape index (κ3) is 2.42. The first-order valence-electron chi connectivity index (χ1n) is 7.33. The van der Waals surface area contributed by atoms with Crippen LogP contribution in [0.25, 0.3) is 5.20 Å². The lowest BCUT2D eigenvalue weighted by Gasteiger charge is -2.15. The van der Waals surface area contributed by atoms with Crippen molar-refractivity contribution < 1.29 is 9.59 Å². The molecule has 0 bridgehead atoms. The van der Waals surface area contributed by atoms with Crippen molar-refractivity contribution in [2.24, 2.45) is 0 Å². The molecule has 1 aliphatic heterocycles. The maximum Gasteiger partial charge on any atom is 0.265 e. The molecule has 2 amide bonds. The highest BCUT2D eigenvalue weighted by Crippen LogP contribution is 2.26. The molecule has 0 aromatic heterocycles. The van der Waals surface area contributed by atoms with E-state index in [2.05, 4.69) is 13.1 Å². The summed E-state index contributed by atoms with van der Waals surface area (Å²) in [6.07, 6.45) is 1.75. The Morgan fingerprint density at radius 3 is 1.86 bits per heavy atom. The molecule has 3 rings (SSSR count). The molecule has 0 fully saturated rings. The number of amides is 2. The molecule has 0 spiro atoms. The fraction of sp³-hybridized carbons (Fsp3) is 0.111. The van der Waals surface area contributed by atoms with Crippen LogP contribution >= 0.6 is 0 Å². The van der Waals surface area contributed by atoms with Crippen molar-refractivity contribution in [2.75, 3.05) is 0 Å². The number of fused-ring (bicyclic) bond motifs is 1. The van der Waals surface area contributed by atoms with Gasteiger partial charge in [0.05, 0.1) is 19.9 Å². The van der Waals surface area contributed by atoms with Crippen LogP contribution in [0, 0.1) is 0 Å². The molecule has 110 valence electrons. The number of carbonyl (C=O) groups is 2. The molecule has 0 atom stereocenters. The van der Waals surface area contributed by atoms with Crippen molar-refractivity contribution in [3.8, 4) is 0 Å². The van der Waals surface area contributed by atoms with Crippen LogP contribution in [0.1, 0.15) is 26.3 Å². The first kappa shape index (κ1) is 14.5. The summed E-state index contributed by atoms with van der Waals surface area (Å²) in [7, 11) is -1.21. The van der Waals surface area contributed by atoms with Gasteiger partial charge in [-0.3, -0.25) is 9.59 Å². The minimum Gasteiger partial charge on any atom is -0.268 e. The highest BCUT2D eigenvalue weighted by molar-refractivity contribution is 6.76. The van der Waals surface area contributed by atoms with E-state index in [0.717, 1.165) is 10.8 Å². The molecule has 2 aromatic carbocycles. The SMILES string of the molecule is C[SiH](C)C(=CN1C(=O)c2ccccc2C1=O)c1ccccc1. The van der Waals surface area contributed by atoms with Gasteiger partial charge in [0.2, 0.25) is 0 Å². The number of rotatable bonds is 3. The van der Waals surface area contributed by atoms with Gasteiger partial charge < -0.3 is 0 Å². The second kappa shape index (κ2) is 5.73. The summed E-state index contributed by atoms with van der Waals surface area (Å²) in [5.41, 5.74) is 2.06. The van der Waals surface area contributed by atoms with Crippen molar-refractivity contribution in [3.63, 3.8) is 0 Å². The summed E-state index contributed by atoms with van der Waals surface area (Å²) in [4.78, 5) is 26.2. The zero-order valence-corrected chi connectivity index (χ0v) is 13.8. The van der Waals surface area contributed by atoms with Crippen LogP contribution < -0.4 is 0 Å². The molecule has 0 aliphatic carbocycles. The Bertz CT molecular complexity index is 731. The van der Waals surface area contributed by atoms with Crippen molar-refractivity contribution in [1.82, 2.24) is 4.90 Å². The fourth-order valence-electron chi connectivity index (χ4n) is 2.65. The lowest BCUT2D eigenvalue weighted by atomic mass is 10.1. The molecule has 2 aromatic rings. The highest BCUT2D eigenvalue weighted by Gasteiger charge is 2.34. The van der Waals surface area contributed by atoms with Crippen molar-refractivity contribution in [2.45, 2.75) is 13.1 Å². The van der Waals surface area contributed by atoms with Crippen LogP contribution in [-0.4, -0.2) is 25.5 Å². The van der Waals surface area contributed by atoms with E-state index in [4.69, 9.17) is 0 Å². The zero-order chi connectivity index (χ0) is 15.7. The number of hydrogen-bond donors (Lipinski definition) is 0. The van der Waals surface area contributed by atoms with Crippen LogP contribution in [0.3, 0.4) is 0 Å². The van der Waals surface area contributed by atoms with Gasteiger partial charge in [-0.2, -0.15) is 0 Å². The lowest BCUT2D eigenvalue weighted by molar-refractivity contribution is 0.0722. The van der Waals surface area contributed by atoms with Gasteiger partial charge in [-0.05, 0) is 22.9 Å². The minimum absolute atomic E-state index is 0.233. The van der Waals surface area contributed by atoms with Gasteiger partial charge in [-0.1, -0.05) is 55.6 Å². The van der Waals surface area contributed by atoms with Gasteiger partial charge >= 0.3 is 0 Å². The molecule has 0 saturated heterocycles. The maximum absolute atomic E-state index is 12.5. The van der Waals surface area contributed by atoms with E-state index in [1.54, 1.807) is 30.5 Å². The standard InChI is InChI=1S/C18H17NO2Si/c1-22(2)16(13-8-4-3-5-9-13)12-19-17(20)14-10-6-7-11-15(14)18(19)21/h3-12,22H,1-2H3. The van der Waals surface area contributed by atoms with E-state index < -0.39 is 8.80 Å². The Labute approximate surface area is 131 Å². The van der Waals surface area contributed by atoms with Gasteiger partial charge in [0.1, 0.15) is 0 Å². The average molecular weight is 307 g/mol. The van der Waals surface area contributed by atoms with Crippen LogP contribution in [0.5, 0.6) is 0 Å². The molecule has 1 aliphatic rings. The lowest BCUT2D eigenvalue weighted by Crippen LogP contribution is -2.25. The maximum atomic E-state index is 12.5. The Morgan fingerprint density at radius 1 is 0.864 bits per heavy atom. The van der Waals surface area contributed by atoms with Gasteiger partial charge in [0, 0.05) is 6.20 Å². The number of nitrogens with zero attached hydrogens (tertiary/aromatic N) is 1. The van der Waals surface area contributed by atoms with Crippen LogP contribution in [0.15, 0.2) is 60.8 Å². The summed E-state index contributed by atoms with van der Waals surface area (Å²) in [5.74, 6) is -0.465. The largest absolute Gasteiger partial charge is 0.268 e. The van der Waals surface area contributed by atoms with Gasteiger partial charge in [-0.25, -0.2) is 4.90 Å². The first-order chi connectivity index (χ1) is 10.6. The van der Waals surface area contributed by atoms with Crippen LogP contribution in [-0.2, 0) is 0 Å². The number of benzene rings is 2. The molecule has 1 heterocycles. The van der Waals surface area contributed by atoms with E-state index in [1.165, 1.54) is 4.90 Å². The number of imide groups is 1. The summed E-state index contributed by atoms with van der Waals surface area (Å²) in [6.45, 7) is 4.38. The van der Waals surface area contributed by atoms with E-state index in [1.807, 2.05) is 30.3 Å². The molecule has 0 radical (unpaired) electrons. The molecule has 0 N–H and O–H groups in total. The smallest absolute Gasteiger partial charge is 0.265 e. The zero-order valence-electron chi connectivity index (χ0n) is 12.6. The predicted octanol–water partition coefficient (Wildman–Crippen LogP) is 3.35. The summed E-state index contributed by atoms with van der Waals surface area (Å²) >= 11 is 0. The third-order valence-electron chi connectivity index (χ3n) is 3.82. The van der Waals surface area contributed by atoms with E-state index in [9.17, 15) is 9.59 Å². The monoisotopic (exact) mass is 307 g/mol. The number of carbonyl (C=O) groups excluding carboxylic acids is 2.